The first-order chi connectivity index (χ1) is 11.3. The van der Waals surface area contributed by atoms with E-state index >= 15 is 0 Å². The van der Waals surface area contributed by atoms with Gasteiger partial charge in [0.2, 0.25) is 0 Å². The molecule has 1 aromatic heterocycles. The van der Waals surface area contributed by atoms with E-state index < -0.39 is 35.3 Å². The highest BCUT2D eigenvalue weighted by molar-refractivity contribution is 8.76. The number of carbonyl (C=O) groups excluding carboxylic acids is 1. The van der Waals surface area contributed by atoms with E-state index in [0.717, 1.165) is 13.3 Å². The van der Waals surface area contributed by atoms with Gasteiger partial charge in [-0.2, -0.15) is 18.2 Å². The van der Waals surface area contributed by atoms with E-state index in [2.05, 4.69) is 20.0 Å². The summed E-state index contributed by atoms with van der Waals surface area (Å²) in [5, 5.41) is 10.8. The molecule has 0 atom stereocenters. The molecule has 0 bridgehead atoms. The summed E-state index contributed by atoms with van der Waals surface area (Å²) in [5.41, 5.74) is -2.05. The Bertz CT molecular complexity index is 587. The van der Waals surface area contributed by atoms with E-state index in [9.17, 15) is 22.8 Å². The van der Waals surface area contributed by atoms with Gasteiger partial charge in [0.15, 0.2) is 5.69 Å². The Balaban J connectivity index is 2.54. The molecule has 1 rings (SSSR count). The number of rotatable bonds is 9. The third-order valence-corrected chi connectivity index (χ3v) is 4.82. The third-order valence-electron chi connectivity index (χ3n) is 2.42. The monoisotopic (exact) mass is 385 g/mol. The zero-order valence-electron chi connectivity index (χ0n) is 12.4. The number of ether oxygens (including phenoxy) is 1. The first-order valence-corrected chi connectivity index (χ1v) is 8.97. The van der Waals surface area contributed by atoms with Gasteiger partial charge in [-0.3, -0.25) is 9.59 Å². The second-order valence-corrected chi connectivity index (χ2v) is 6.86. The van der Waals surface area contributed by atoms with Crippen molar-refractivity contribution in [2.24, 2.45) is 0 Å². The molecule has 0 aliphatic rings. The van der Waals surface area contributed by atoms with Gasteiger partial charge in [-0.15, -0.1) is 0 Å². The van der Waals surface area contributed by atoms with E-state index in [4.69, 9.17) is 5.11 Å². The smallest absolute Gasteiger partial charge is 0.434 e. The molecule has 0 saturated heterocycles. The number of nitrogens with zero attached hydrogens (tertiary/aromatic N) is 2. The number of carbonyl (C=O) groups is 2. The summed E-state index contributed by atoms with van der Waals surface area (Å²) in [7, 11) is 3.74. The molecule has 0 radical (unpaired) electrons. The van der Waals surface area contributed by atoms with Crippen molar-refractivity contribution in [3.8, 4) is 6.01 Å². The summed E-state index contributed by atoms with van der Waals surface area (Å²) >= 11 is 0. The van der Waals surface area contributed by atoms with Crippen LogP contribution in [0.3, 0.4) is 0 Å². The fourth-order valence-electron chi connectivity index (χ4n) is 1.39. The predicted molar refractivity (Wildman–Crippen MR) is 83.1 cm³/mol. The number of carboxylic acids is 1. The van der Waals surface area contributed by atoms with Gasteiger partial charge in [0, 0.05) is 24.2 Å². The molecule has 0 spiro atoms. The molecule has 0 unspecified atom stereocenters. The van der Waals surface area contributed by atoms with Crippen LogP contribution < -0.4 is 10.1 Å². The first-order valence-electron chi connectivity index (χ1n) is 6.48. The number of aromatic nitrogens is 2. The fourth-order valence-corrected chi connectivity index (χ4v) is 3.28. The minimum atomic E-state index is -4.82. The molecule has 0 fully saturated rings. The van der Waals surface area contributed by atoms with Gasteiger partial charge < -0.3 is 15.2 Å². The highest BCUT2D eigenvalue weighted by Gasteiger charge is 2.38. The highest BCUT2D eigenvalue weighted by atomic mass is 33.1. The predicted octanol–water partition coefficient (Wildman–Crippen LogP) is 2.09. The quantitative estimate of drug-likeness (QED) is 0.492. The SMILES string of the molecule is COc1ncc(C(=O)NCCSSCCC(=O)O)c(C(F)(F)F)n1. The van der Waals surface area contributed by atoms with Gasteiger partial charge in [-0.05, 0) is 0 Å². The van der Waals surface area contributed by atoms with Gasteiger partial charge in [-0.1, -0.05) is 21.6 Å². The van der Waals surface area contributed by atoms with E-state index in [1.165, 1.54) is 21.6 Å². The van der Waals surface area contributed by atoms with Gasteiger partial charge in [-0.25, -0.2) is 4.98 Å². The van der Waals surface area contributed by atoms with Crippen molar-refractivity contribution in [2.45, 2.75) is 12.6 Å². The lowest BCUT2D eigenvalue weighted by atomic mass is 10.2. The maximum atomic E-state index is 12.9. The number of hydrogen-bond donors (Lipinski definition) is 2. The molecule has 2 N–H and O–H groups in total. The molecular weight excluding hydrogens is 371 g/mol. The summed E-state index contributed by atoms with van der Waals surface area (Å²) in [6.45, 7) is 0.118. The van der Waals surface area contributed by atoms with Crippen LogP contribution in [0.15, 0.2) is 6.20 Å². The average molecular weight is 385 g/mol. The number of aliphatic carboxylic acids is 1. The summed E-state index contributed by atoms with van der Waals surface area (Å²) in [5.74, 6) is -1.04. The molecule has 1 amide bonds. The van der Waals surface area contributed by atoms with E-state index in [-0.39, 0.29) is 13.0 Å². The Hall–Kier alpha value is -1.69. The lowest BCUT2D eigenvalue weighted by molar-refractivity contribution is -0.142. The number of methoxy groups -OCH3 is 1. The van der Waals surface area contributed by atoms with E-state index in [1.54, 1.807) is 0 Å². The summed E-state index contributed by atoms with van der Waals surface area (Å²) in [6.07, 6.45) is -4.04. The zero-order chi connectivity index (χ0) is 18.2. The van der Waals surface area contributed by atoms with Crippen LogP contribution in [0, 0.1) is 0 Å². The van der Waals surface area contributed by atoms with Gasteiger partial charge in [0.1, 0.15) is 0 Å². The van der Waals surface area contributed by atoms with Crippen LogP contribution in [0.25, 0.3) is 0 Å². The molecular formula is C12H14F3N3O4S2. The normalized spacial score (nSPS) is 11.2. The Labute approximate surface area is 143 Å². The summed E-state index contributed by atoms with van der Waals surface area (Å²) in [4.78, 5) is 28.9. The van der Waals surface area contributed by atoms with E-state index in [1.807, 2.05) is 0 Å². The first kappa shape index (κ1) is 20.4. The van der Waals surface area contributed by atoms with Crippen molar-refractivity contribution in [1.82, 2.24) is 15.3 Å². The highest BCUT2D eigenvalue weighted by Crippen LogP contribution is 2.31. The fraction of sp³-hybridized carbons (Fsp3) is 0.500. The van der Waals surface area contributed by atoms with E-state index in [0.29, 0.717) is 11.5 Å². The summed E-state index contributed by atoms with van der Waals surface area (Å²) < 4.78 is 43.3. The third kappa shape index (κ3) is 6.83. The average Bonchev–Trinajstić information content (AvgIpc) is 2.52. The second kappa shape index (κ2) is 9.57. The van der Waals surface area contributed by atoms with Gasteiger partial charge in [0.25, 0.3) is 5.91 Å². The van der Waals surface area contributed by atoms with Crippen molar-refractivity contribution in [2.75, 3.05) is 25.2 Å². The second-order valence-electron chi connectivity index (χ2n) is 4.16. The Morgan fingerprint density at radius 2 is 2.00 bits per heavy atom. The number of alkyl halides is 3. The molecule has 0 aliphatic heterocycles. The minimum Gasteiger partial charge on any atom is -0.481 e. The van der Waals surface area contributed by atoms with Crippen LogP contribution in [0.4, 0.5) is 13.2 Å². The van der Waals surface area contributed by atoms with Crippen LogP contribution in [-0.4, -0.2) is 52.1 Å². The lowest BCUT2D eigenvalue weighted by Gasteiger charge is -2.12. The number of amides is 1. The Morgan fingerprint density at radius 1 is 1.33 bits per heavy atom. The Kier molecular flexibility index (Phi) is 8.11. The molecule has 0 saturated carbocycles. The van der Waals surface area contributed by atoms with Crippen LogP contribution in [0.1, 0.15) is 22.5 Å². The van der Waals surface area contributed by atoms with Crippen molar-refractivity contribution >= 4 is 33.5 Å². The van der Waals surface area contributed by atoms with Crippen LogP contribution in [0.5, 0.6) is 6.01 Å². The molecule has 1 aromatic rings. The van der Waals surface area contributed by atoms with Crippen LogP contribution in [0.2, 0.25) is 0 Å². The molecule has 24 heavy (non-hydrogen) atoms. The molecule has 1 heterocycles. The molecule has 7 nitrogen and oxygen atoms in total. The molecule has 0 aromatic carbocycles. The Morgan fingerprint density at radius 3 is 2.58 bits per heavy atom. The lowest BCUT2D eigenvalue weighted by Crippen LogP contribution is -2.29. The minimum absolute atomic E-state index is 0.0160. The number of hydrogen-bond acceptors (Lipinski definition) is 7. The number of carboxylic acid groups (broad SMARTS) is 1. The van der Waals surface area contributed by atoms with Gasteiger partial charge in [0.05, 0.1) is 19.1 Å². The topological polar surface area (TPSA) is 101 Å². The van der Waals surface area contributed by atoms with Crippen molar-refractivity contribution < 1.29 is 32.6 Å². The standard InChI is InChI=1S/C12H14F3N3O4S2/c1-22-11-17-6-7(9(18-11)12(13,14)15)10(21)16-3-5-24-23-4-2-8(19)20/h6H,2-5H2,1H3,(H,16,21)(H,19,20). The maximum absolute atomic E-state index is 12.9. The molecule has 12 heteroatoms. The number of halogens is 3. The van der Waals surface area contributed by atoms with Crippen molar-refractivity contribution in [3.63, 3.8) is 0 Å². The summed E-state index contributed by atoms with van der Waals surface area (Å²) in [6, 6.07) is -0.482. The largest absolute Gasteiger partial charge is 0.481 e. The number of nitrogens with one attached hydrogen (secondary N) is 1. The van der Waals surface area contributed by atoms with Crippen LogP contribution in [-0.2, 0) is 11.0 Å². The molecule has 134 valence electrons. The maximum Gasteiger partial charge on any atom is 0.434 e. The zero-order valence-corrected chi connectivity index (χ0v) is 14.1. The van der Waals surface area contributed by atoms with Gasteiger partial charge >= 0.3 is 18.2 Å². The van der Waals surface area contributed by atoms with Crippen molar-refractivity contribution in [3.05, 3.63) is 17.5 Å². The molecule has 0 aliphatic carbocycles. The van der Waals surface area contributed by atoms with Crippen LogP contribution >= 0.6 is 21.6 Å². The van der Waals surface area contributed by atoms with Crippen molar-refractivity contribution in [1.29, 1.82) is 0 Å².